The highest BCUT2D eigenvalue weighted by atomic mass is 16.5. The predicted molar refractivity (Wildman–Crippen MR) is 85.2 cm³/mol. The Kier molecular flexibility index (Phi) is 5.81. The quantitative estimate of drug-likeness (QED) is 0.810. The Labute approximate surface area is 127 Å². The van der Waals surface area contributed by atoms with E-state index >= 15 is 0 Å². The van der Waals surface area contributed by atoms with Crippen molar-refractivity contribution in [3.05, 3.63) is 48.0 Å². The Hall–Kier alpha value is -1.81. The van der Waals surface area contributed by atoms with Crippen molar-refractivity contribution < 1.29 is 4.74 Å². The second-order valence-electron chi connectivity index (χ2n) is 5.59. The van der Waals surface area contributed by atoms with Crippen molar-refractivity contribution in [2.24, 2.45) is 5.92 Å². The second kappa shape index (κ2) is 7.84. The molecule has 1 aromatic carbocycles. The smallest absolute Gasteiger partial charge is 0.146 e. The minimum Gasteiger partial charge on any atom is -0.486 e. The highest BCUT2D eigenvalue weighted by Gasteiger charge is 2.03. The van der Waals surface area contributed by atoms with Crippen LogP contribution in [0.15, 0.2) is 36.7 Å². The van der Waals surface area contributed by atoms with Crippen molar-refractivity contribution in [1.82, 2.24) is 14.9 Å². The topological polar surface area (TPSA) is 39.1 Å². The van der Waals surface area contributed by atoms with Gasteiger partial charge in [-0.2, -0.15) is 0 Å². The summed E-state index contributed by atoms with van der Waals surface area (Å²) in [4.78, 5) is 4.32. The fourth-order valence-electron chi connectivity index (χ4n) is 2.17. The summed E-state index contributed by atoms with van der Waals surface area (Å²) in [5.41, 5.74) is 1.24. The van der Waals surface area contributed by atoms with Gasteiger partial charge in [0.15, 0.2) is 0 Å². The Bertz CT molecular complexity index is 548. The van der Waals surface area contributed by atoms with Crippen molar-refractivity contribution in [2.45, 2.75) is 40.5 Å². The maximum Gasteiger partial charge on any atom is 0.146 e. The van der Waals surface area contributed by atoms with E-state index in [2.05, 4.69) is 47.8 Å². The number of aryl methyl sites for hydroxylation is 1. The van der Waals surface area contributed by atoms with Gasteiger partial charge in [0.05, 0.1) is 0 Å². The third-order valence-electron chi connectivity index (χ3n) is 3.29. The second-order valence-corrected chi connectivity index (χ2v) is 5.59. The molecule has 4 heteroatoms. The van der Waals surface area contributed by atoms with Gasteiger partial charge in [-0.05, 0) is 37.1 Å². The number of nitrogens with zero attached hydrogens (tertiary/aromatic N) is 2. The van der Waals surface area contributed by atoms with Crippen LogP contribution < -0.4 is 10.1 Å². The van der Waals surface area contributed by atoms with Gasteiger partial charge < -0.3 is 14.6 Å². The van der Waals surface area contributed by atoms with E-state index in [1.54, 1.807) is 0 Å². The zero-order chi connectivity index (χ0) is 15.1. The van der Waals surface area contributed by atoms with Crippen LogP contribution in [0.1, 0.15) is 32.2 Å². The number of rotatable bonds is 8. The van der Waals surface area contributed by atoms with Gasteiger partial charge >= 0.3 is 0 Å². The Morgan fingerprint density at radius 2 is 2.19 bits per heavy atom. The van der Waals surface area contributed by atoms with E-state index in [-0.39, 0.29) is 0 Å². The minimum atomic E-state index is 0.504. The average Bonchev–Trinajstić information content (AvgIpc) is 2.92. The minimum absolute atomic E-state index is 0.504. The van der Waals surface area contributed by atoms with Crippen molar-refractivity contribution in [1.29, 1.82) is 0 Å². The van der Waals surface area contributed by atoms with Crippen LogP contribution >= 0.6 is 0 Å². The summed E-state index contributed by atoms with van der Waals surface area (Å²) < 4.78 is 7.94. The predicted octanol–water partition coefficient (Wildman–Crippen LogP) is 3.23. The fourth-order valence-corrected chi connectivity index (χ4v) is 2.17. The third-order valence-corrected chi connectivity index (χ3v) is 3.29. The van der Waals surface area contributed by atoms with E-state index in [4.69, 9.17) is 4.74 Å². The lowest BCUT2D eigenvalue weighted by molar-refractivity contribution is 0.289. The molecular weight excluding hydrogens is 262 g/mol. The molecule has 0 aliphatic heterocycles. The van der Waals surface area contributed by atoms with Crippen LogP contribution in [0.4, 0.5) is 0 Å². The molecule has 0 aliphatic rings. The van der Waals surface area contributed by atoms with E-state index in [1.807, 2.05) is 24.5 Å². The first-order chi connectivity index (χ1) is 10.2. The summed E-state index contributed by atoms with van der Waals surface area (Å²) in [5, 5.41) is 3.44. The molecule has 1 aromatic heterocycles. The Morgan fingerprint density at radius 1 is 1.33 bits per heavy atom. The van der Waals surface area contributed by atoms with Crippen LogP contribution in [-0.2, 0) is 19.7 Å². The summed E-state index contributed by atoms with van der Waals surface area (Å²) in [5.74, 6) is 2.52. The van der Waals surface area contributed by atoms with Gasteiger partial charge in [0.1, 0.15) is 18.2 Å². The zero-order valence-electron chi connectivity index (χ0n) is 13.2. The van der Waals surface area contributed by atoms with Gasteiger partial charge in [-0.3, -0.25) is 0 Å². The van der Waals surface area contributed by atoms with Crippen LogP contribution in [0.5, 0.6) is 5.75 Å². The Morgan fingerprint density at radius 3 is 2.95 bits per heavy atom. The molecular formula is C17H25N3O. The molecule has 0 amide bonds. The van der Waals surface area contributed by atoms with Gasteiger partial charge in [-0.15, -0.1) is 0 Å². The van der Waals surface area contributed by atoms with Crippen molar-refractivity contribution >= 4 is 0 Å². The molecule has 0 bridgehead atoms. The highest BCUT2D eigenvalue weighted by molar-refractivity contribution is 5.28. The maximum absolute atomic E-state index is 5.85. The molecule has 1 heterocycles. The molecule has 0 saturated heterocycles. The summed E-state index contributed by atoms with van der Waals surface area (Å²) in [6.45, 7) is 9.84. The van der Waals surface area contributed by atoms with Crippen LogP contribution in [0.2, 0.25) is 0 Å². The summed E-state index contributed by atoms with van der Waals surface area (Å²) in [6, 6.07) is 8.24. The first-order valence-corrected chi connectivity index (χ1v) is 7.61. The van der Waals surface area contributed by atoms with E-state index in [1.165, 1.54) is 5.56 Å². The number of nitrogens with one attached hydrogen (secondary N) is 1. The van der Waals surface area contributed by atoms with Crippen molar-refractivity contribution in [3.63, 3.8) is 0 Å². The number of imidazole rings is 1. The summed E-state index contributed by atoms with van der Waals surface area (Å²) in [6.07, 6.45) is 3.79. The van der Waals surface area contributed by atoms with Crippen molar-refractivity contribution in [3.8, 4) is 5.75 Å². The average molecular weight is 287 g/mol. The summed E-state index contributed by atoms with van der Waals surface area (Å²) >= 11 is 0. The van der Waals surface area contributed by atoms with E-state index in [0.29, 0.717) is 12.5 Å². The molecule has 2 rings (SSSR count). The Balaban J connectivity index is 1.89. The SMILES string of the molecule is CCn1ccnc1COc1cccc(CNCC(C)C)c1. The number of hydrogen-bond donors (Lipinski definition) is 1. The van der Waals surface area contributed by atoms with E-state index in [9.17, 15) is 0 Å². The van der Waals surface area contributed by atoms with E-state index in [0.717, 1.165) is 31.2 Å². The molecule has 114 valence electrons. The highest BCUT2D eigenvalue weighted by Crippen LogP contribution is 2.15. The number of aromatic nitrogens is 2. The van der Waals surface area contributed by atoms with Gasteiger partial charge in [-0.1, -0.05) is 26.0 Å². The molecule has 0 unspecified atom stereocenters. The van der Waals surface area contributed by atoms with Gasteiger partial charge in [0.25, 0.3) is 0 Å². The molecule has 4 nitrogen and oxygen atoms in total. The molecule has 0 aliphatic carbocycles. The standard InChI is InChI=1S/C17H25N3O/c1-4-20-9-8-19-17(20)13-21-16-7-5-6-15(10-16)12-18-11-14(2)3/h5-10,14,18H,4,11-13H2,1-3H3. The number of hydrogen-bond acceptors (Lipinski definition) is 3. The fraction of sp³-hybridized carbons (Fsp3) is 0.471. The zero-order valence-corrected chi connectivity index (χ0v) is 13.2. The molecule has 2 aromatic rings. The molecule has 21 heavy (non-hydrogen) atoms. The first kappa shape index (κ1) is 15.6. The number of benzene rings is 1. The molecule has 1 N–H and O–H groups in total. The first-order valence-electron chi connectivity index (χ1n) is 7.61. The summed E-state index contributed by atoms with van der Waals surface area (Å²) in [7, 11) is 0. The molecule has 0 spiro atoms. The lowest BCUT2D eigenvalue weighted by Gasteiger charge is -2.10. The van der Waals surface area contributed by atoms with Crippen LogP contribution in [0, 0.1) is 5.92 Å². The van der Waals surface area contributed by atoms with Crippen LogP contribution in [-0.4, -0.2) is 16.1 Å². The van der Waals surface area contributed by atoms with Gasteiger partial charge in [0, 0.05) is 25.5 Å². The number of ether oxygens (including phenoxy) is 1. The van der Waals surface area contributed by atoms with Crippen molar-refractivity contribution in [2.75, 3.05) is 6.54 Å². The van der Waals surface area contributed by atoms with E-state index < -0.39 is 0 Å². The molecule has 0 saturated carbocycles. The van der Waals surface area contributed by atoms with Crippen LogP contribution in [0.25, 0.3) is 0 Å². The lowest BCUT2D eigenvalue weighted by atomic mass is 10.2. The van der Waals surface area contributed by atoms with Gasteiger partial charge in [0.2, 0.25) is 0 Å². The molecule has 0 atom stereocenters. The molecule has 0 fully saturated rings. The maximum atomic E-state index is 5.85. The third kappa shape index (κ3) is 4.90. The largest absolute Gasteiger partial charge is 0.486 e. The van der Waals surface area contributed by atoms with Crippen LogP contribution in [0.3, 0.4) is 0 Å². The lowest BCUT2D eigenvalue weighted by Crippen LogP contribution is -2.18. The normalized spacial score (nSPS) is 11.0. The molecule has 0 radical (unpaired) electrons. The monoisotopic (exact) mass is 287 g/mol. The van der Waals surface area contributed by atoms with Gasteiger partial charge in [-0.25, -0.2) is 4.98 Å².